The maximum absolute atomic E-state index is 14.1. The largest absolute Gasteiger partial charge is 0.497 e. The Kier molecular flexibility index (Phi) is 9.83. The molecule has 0 fully saturated rings. The van der Waals surface area contributed by atoms with Gasteiger partial charge in [-0.1, -0.05) is 36.4 Å². The summed E-state index contributed by atoms with van der Waals surface area (Å²) in [7, 11) is 4.93. The predicted molar refractivity (Wildman–Crippen MR) is 173 cm³/mol. The first-order valence-electron chi connectivity index (χ1n) is 14.5. The van der Waals surface area contributed by atoms with Gasteiger partial charge in [0.2, 0.25) is 5.43 Å². The van der Waals surface area contributed by atoms with Gasteiger partial charge in [-0.3, -0.25) is 9.69 Å². The molecule has 240 valence electrons. The van der Waals surface area contributed by atoms with E-state index in [-0.39, 0.29) is 25.3 Å². The van der Waals surface area contributed by atoms with E-state index in [1.54, 1.807) is 34.3 Å². The van der Waals surface area contributed by atoms with Crippen LogP contribution in [0.3, 0.4) is 0 Å². The molecule has 0 N–H and O–H groups in total. The van der Waals surface area contributed by atoms with Gasteiger partial charge in [0.25, 0.3) is 0 Å². The van der Waals surface area contributed by atoms with Gasteiger partial charge < -0.3 is 18.8 Å². The number of halogens is 3. The first kappa shape index (κ1) is 32.8. The van der Waals surface area contributed by atoms with Crippen LogP contribution in [0.1, 0.15) is 39.5 Å². The van der Waals surface area contributed by atoms with Gasteiger partial charge in [-0.25, -0.2) is 4.79 Å². The number of benzene rings is 3. The smallest absolute Gasteiger partial charge is 0.416 e. The van der Waals surface area contributed by atoms with Gasteiger partial charge in [-0.05, 0) is 67.1 Å². The number of methoxy groups -OCH3 is 2. The molecule has 11 heteroatoms. The molecule has 0 aliphatic heterocycles. The second kappa shape index (κ2) is 13.8. The van der Waals surface area contributed by atoms with Crippen LogP contribution in [0.15, 0.2) is 83.8 Å². The second-order valence-electron chi connectivity index (χ2n) is 10.7. The third-order valence-electron chi connectivity index (χ3n) is 7.52. The van der Waals surface area contributed by atoms with Gasteiger partial charge in [0.15, 0.2) is 0 Å². The zero-order valence-electron chi connectivity index (χ0n) is 25.8. The number of aromatic nitrogens is 1. The Bertz CT molecular complexity index is 1910. The average Bonchev–Trinajstić information content (AvgIpc) is 3.42. The number of para-hydroxylation sites is 1. The molecule has 2 aromatic heterocycles. The highest BCUT2D eigenvalue weighted by atomic mass is 32.1. The lowest BCUT2D eigenvalue weighted by Crippen LogP contribution is -2.23. The first-order valence-corrected chi connectivity index (χ1v) is 15.3. The van der Waals surface area contributed by atoms with Gasteiger partial charge >= 0.3 is 12.1 Å². The molecule has 0 aliphatic rings. The molecule has 0 bridgehead atoms. The number of ether oxygens (including phenoxy) is 3. The summed E-state index contributed by atoms with van der Waals surface area (Å²) in [4.78, 5) is 30.5. The van der Waals surface area contributed by atoms with Crippen molar-refractivity contribution in [1.82, 2.24) is 9.47 Å². The highest BCUT2D eigenvalue weighted by Gasteiger charge is 2.30. The molecule has 46 heavy (non-hydrogen) atoms. The maximum atomic E-state index is 14.1. The molecule has 0 unspecified atom stereocenters. The number of alkyl halides is 3. The maximum Gasteiger partial charge on any atom is 0.416 e. The number of pyridine rings is 1. The minimum Gasteiger partial charge on any atom is -0.497 e. The van der Waals surface area contributed by atoms with Gasteiger partial charge in [-0.2, -0.15) is 13.2 Å². The number of carbonyl (C=O) groups is 1. The van der Waals surface area contributed by atoms with Crippen LogP contribution in [0.5, 0.6) is 11.5 Å². The molecule has 5 aromatic rings. The highest BCUT2D eigenvalue weighted by molar-refractivity contribution is 7.22. The van der Waals surface area contributed by atoms with Crippen LogP contribution in [0.2, 0.25) is 0 Å². The van der Waals surface area contributed by atoms with Crippen molar-refractivity contribution in [2.24, 2.45) is 0 Å². The van der Waals surface area contributed by atoms with Crippen molar-refractivity contribution in [3.8, 4) is 21.9 Å². The van der Waals surface area contributed by atoms with Crippen LogP contribution < -0.4 is 14.9 Å². The molecule has 0 amide bonds. The number of hydrogen-bond donors (Lipinski definition) is 0. The number of nitrogens with zero attached hydrogens (tertiary/aromatic N) is 2. The fourth-order valence-corrected chi connectivity index (χ4v) is 6.68. The van der Waals surface area contributed by atoms with E-state index in [0.717, 1.165) is 28.1 Å². The Morgan fingerprint density at radius 3 is 2.37 bits per heavy atom. The van der Waals surface area contributed by atoms with Crippen LogP contribution >= 0.6 is 11.3 Å². The molecule has 0 atom stereocenters. The van der Waals surface area contributed by atoms with Crippen LogP contribution in [0.4, 0.5) is 13.2 Å². The number of fused-ring (bicyclic) bond motifs is 1. The third-order valence-corrected chi connectivity index (χ3v) is 8.84. The molecule has 5 rings (SSSR count). The standard InChI is InChI=1S/C35H33F3N2O5S/c1-5-45-34(42)28-21-40(19-24-10-6-7-12-29(24)44-4)33-30(31(28)41)27(32(46-33)23-13-15-26(43-3)16-14-23)20-39(2)18-22-9-8-11-25(17-22)35(36,37)38/h6-17,21H,5,18-20H2,1-4H3. The molecule has 0 spiro atoms. The van der Waals surface area contributed by atoms with Gasteiger partial charge in [-0.15, -0.1) is 11.3 Å². The van der Waals surface area contributed by atoms with Crippen molar-refractivity contribution in [1.29, 1.82) is 0 Å². The number of carbonyl (C=O) groups excluding carboxylic acids is 1. The Hall–Kier alpha value is -4.61. The van der Waals surface area contributed by atoms with Crippen molar-refractivity contribution >= 4 is 27.5 Å². The van der Waals surface area contributed by atoms with E-state index in [9.17, 15) is 22.8 Å². The van der Waals surface area contributed by atoms with Crippen molar-refractivity contribution in [2.75, 3.05) is 27.9 Å². The van der Waals surface area contributed by atoms with E-state index in [2.05, 4.69) is 0 Å². The molecule has 7 nitrogen and oxygen atoms in total. The quantitative estimate of drug-likeness (QED) is 0.137. The monoisotopic (exact) mass is 650 g/mol. The van der Waals surface area contributed by atoms with Gasteiger partial charge in [0.05, 0.1) is 38.3 Å². The van der Waals surface area contributed by atoms with E-state index >= 15 is 0 Å². The summed E-state index contributed by atoms with van der Waals surface area (Å²) in [5.41, 5.74) is 1.50. The SMILES string of the molecule is CCOC(=O)c1cn(Cc2ccccc2OC)c2sc(-c3ccc(OC)cc3)c(CN(C)Cc3cccc(C(F)(F)F)c3)c2c1=O. The molecule has 2 heterocycles. The fraction of sp³-hybridized carbons (Fsp3) is 0.257. The topological polar surface area (TPSA) is 70.0 Å². The lowest BCUT2D eigenvalue weighted by molar-refractivity contribution is -0.137. The van der Waals surface area contributed by atoms with Gasteiger partial charge in [0, 0.05) is 29.7 Å². The minimum atomic E-state index is -4.46. The summed E-state index contributed by atoms with van der Waals surface area (Å²) in [5, 5.41) is 0.354. The zero-order chi connectivity index (χ0) is 33.0. The van der Waals surface area contributed by atoms with Crippen LogP contribution in [-0.4, -0.2) is 43.3 Å². The van der Waals surface area contributed by atoms with Crippen LogP contribution in [0, 0.1) is 0 Å². The highest BCUT2D eigenvalue weighted by Crippen LogP contribution is 2.40. The Morgan fingerprint density at radius 2 is 1.70 bits per heavy atom. The van der Waals surface area contributed by atoms with Crippen molar-refractivity contribution in [3.05, 3.63) is 117 Å². The van der Waals surface area contributed by atoms with Gasteiger partial charge in [0.1, 0.15) is 21.9 Å². The molecule has 0 radical (unpaired) electrons. The molecular weight excluding hydrogens is 617 g/mol. The number of thiophene rings is 1. The summed E-state index contributed by atoms with van der Waals surface area (Å²) in [6.07, 6.45) is -2.94. The normalized spacial score (nSPS) is 11.7. The van der Waals surface area contributed by atoms with Crippen molar-refractivity contribution < 1.29 is 32.2 Å². The lowest BCUT2D eigenvalue weighted by Gasteiger charge is -2.19. The summed E-state index contributed by atoms with van der Waals surface area (Å²) < 4.78 is 58.3. The van der Waals surface area contributed by atoms with Crippen LogP contribution in [0.25, 0.3) is 20.7 Å². The molecule has 0 aliphatic carbocycles. The minimum absolute atomic E-state index is 0.0934. The lowest BCUT2D eigenvalue weighted by atomic mass is 10.0. The molecule has 0 saturated heterocycles. The zero-order valence-corrected chi connectivity index (χ0v) is 26.6. The summed E-state index contributed by atoms with van der Waals surface area (Å²) in [5.74, 6) is 0.581. The van der Waals surface area contributed by atoms with E-state index in [0.29, 0.717) is 39.4 Å². The number of rotatable bonds is 11. The fourth-order valence-electron chi connectivity index (χ4n) is 5.39. The first-order chi connectivity index (χ1) is 22.0. The van der Waals surface area contributed by atoms with E-state index < -0.39 is 23.1 Å². The predicted octanol–water partition coefficient (Wildman–Crippen LogP) is 7.62. The molecule has 3 aromatic carbocycles. The van der Waals surface area contributed by atoms with Crippen LogP contribution in [-0.2, 0) is 30.5 Å². The number of hydrogen-bond acceptors (Lipinski definition) is 7. The Morgan fingerprint density at radius 1 is 0.957 bits per heavy atom. The molecular formula is C35H33F3N2O5S. The average molecular weight is 651 g/mol. The Labute approximate surface area is 268 Å². The summed E-state index contributed by atoms with van der Waals surface area (Å²) in [6, 6.07) is 20.1. The third kappa shape index (κ3) is 6.95. The molecule has 0 saturated carbocycles. The Balaban J connectivity index is 1.69. The van der Waals surface area contributed by atoms with E-state index in [4.69, 9.17) is 14.2 Å². The summed E-state index contributed by atoms with van der Waals surface area (Å²) in [6.45, 7) is 2.47. The second-order valence-corrected chi connectivity index (χ2v) is 11.7. The van der Waals surface area contributed by atoms with Crippen molar-refractivity contribution in [2.45, 2.75) is 32.7 Å². The summed E-state index contributed by atoms with van der Waals surface area (Å²) >= 11 is 1.41. The van der Waals surface area contributed by atoms with Crippen molar-refractivity contribution in [3.63, 3.8) is 0 Å². The van der Waals surface area contributed by atoms with E-state index in [1.165, 1.54) is 23.6 Å². The number of esters is 1. The van der Waals surface area contributed by atoms with E-state index in [1.807, 2.05) is 58.0 Å².